The maximum atomic E-state index is 13.5. The van der Waals surface area contributed by atoms with Gasteiger partial charge in [0.05, 0.1) is 11.1 Å². The second kappa shape index (κ2) is 6.03. The Morgan fingerprint density at radius 3 is 2.60 bits per heavy atom. The second-order valence-electron chi connectivity index (χ2n) is 7.16. The van der Waals surface area contributed by atoms with E-state index in [1.54, 1.807) is 6.07 Å². The Morgan fingerprint density at radius 1 is 1.30 bits per heavy atom. The lowest BCUT2D eigenvalue weighted by atomic mass is 9.67. The molecule has 1 aromatic rings. The van der Waals surface area contributed by atoms with Crippen molar-refractivity contribution in [3.05, 3.63) is 34.6 Å². The molecule has 0 bridgehead atoms. The van der Waals surface area contributed by atoms with Crippen molar-refractivity contribution < 1.29 is 9.50 Å². The number of hydrogen-bond donors (Lipinski definition) is 1. The Kier molecular flexibility index (Phi) is 4.76. The van der Waals surface area contributed by atoms with E-state index in [4.69, 9.17) is 11.6 Å². The van der Waals surface area contributed by atoms with Gasteiger partial charge < -0.3 is 5.11 Å². The second-order valence-corrected chi connectivity index (χ2v) is 7.56. The molecule has 3 unspecified atom stereocenters. The summed E-state index contributed by atoms with van der Waals surface area (Å²) in [5.41, 5.74) is 1.19. The van der Waals surface area contributed by atoms with Gasteiger partial charge in [-0.15, -0.1) is 0 Å². The van der Waals surface area contributed by atoms with Gasteiger partial charge in [-0.25, -0.2) is 4.39 Å². The Labute approximate surface area is 126 Å². The van der Waals surface area contributed by atoms with E-state index in [1.165, 1.54) is 6.07 Å². The number of aliphatic hydroxyl groups excluding tert-OH is 1. The zero-order valence-corrected chi connectivity index (χ0v) is 13.3. The molecule has 1 saturated carbocycles. The summed E-state index contributed by atoms with van der Waals surface area (Å²) in [7, 11) is 0. The van der Waals surface area contributed by atoms with E-state index in [1.807, 2.05) is 6.07 Å². The van der Waals surface area contributed by atoms with Crippen LogP contribution in [0.25, 0.3) is 0 Å². The molecule has 1 N–H and O–H groups in total. The number of benzene rings is 1. The van der Waals surface area contributed by atoms with Gasteiger partial charge >= 0.3 is 0 Å². The molecule has 0 saturated heterocycles. The van der Waals surface area contributed by atoms with Crippen molar-refractivity contribution in [2.45, 2.75) is 52.6 Å². The highest BCUT2D eigenvalue weighted by Crippen LogP contribution is 2.41. The van der Waals surface area contributed by atoms with Crippen LogP contribution in [0.4, 0.5) is 4.39 Å². The third-order valence-corrected chi connectivity index (χ3v) is 4.96. The van der Waals surface area contributed by atoms with Crippen molar-refractivity contribution in [1.82, 2.24) is 0 Å². The third-order valence-electron chi connectivity index (χ3n) is 4.65. The topological polar surface area (TPSA) is 20.2 Å². The van der Waals surface area contributed by atoms with Crippen molar-refractivity contribution in [3.8, 4) is 0 Å². The molecule has 1 nitrogen and oxygen atoms in total. The maximum Gasteiger partial charge on any atom is 0.142 e. The fraction of sp³-hybridized carbons (Fsp3) is 0.647. The highest BCUT2D eigenvalue weighted by molar-refractivity contribution is 6.30. The van der Waals surface area contributed by atoms with Gasteiger partial charge in [-0.05, 0) is 60.6 Å². The molecular weight excluding hydrogens is 275 g/mol. The summed E-state index contributed by atoms with van der Waals surface area (Å²) < 4.78 is 13.5. The molecule has 1 aliphatic carbocycles. The summed E-state index contributed by atoms with van der Waals surface area (Å²) in [6.07, 6.45) is 3.39. The van der Waals surface area contributed by atoms with E-state index >= 15 is 0 Å². The molecular formula is C17H24ClFO. The maximum absolute atomic E-state index is 13.5. The first kappa shape index (κ1) is 15.8. The molecule has 0 spiro atoms. The van der Waals surface area contributed by atoms with Crippen LogP contribution in [-0.2, 0) is 6.42 Å². The molecule has 0 radical (unpaired) electrons. The van der Waals surface area contributed by atoms with Crippen molar-refractivity contribution in [3.63, 3.8) is 0 Å². The summed E-state index contributed by atoms with van der Waals surface area (Å²) in [6, 6.07) is 4.96. The first-order valence-electron chi connectivity index (χ1n) is 7.39. The van der Waals surface area contributed by atoms with Gasteiger partial charge in [-0.1, -0.05) is 38.4 Å². The summed E-state index contributed by atoms with van der Waals surface area (Å²) in [5, 5.41) is 10.4. The first-order valence-corrected chi connectivity index (χ1v) is 7.77. The van der Waals surface area contributed by atoms with Crippen LogP contribution < -0.4 is 0 Å². The minimum atomic E-state index is -0.373. The molecule has 1 fully saturated rings. The van der Waals surface area contributed by atoms with Crippen LogP contribution in [0.15, 0.2) is 18.2 Å². The zero-order chi connectivity index (χ0) is 14.9. The minimum absolute atomic E-state index is 0.158. The number of hydrogen-bond acceptors (Lipinski definition) is 1. The van der Waals surface area contributed by atoms with Crippen LogP contribution in [0.2, 0.25) is 5.02 Å². The Morgan fingerprint density at radius 2 is 2.00 bits per heavy atom. The summed E-state index contributed by atoms with van der Waals surface area (Å²) >= 11 is 5.71. The number of aliphatic hydroxyl groups is 1. The molecule has 0 aromatic heterocycles. The van der Waals surface area contributed by atoms with Crippen LogP contribution in [-0.4, -0.2) is 11.2 Å². The van der Waals surface area contributed by atoms with Crippen LogP contribution >= 0.6 is 11.6 Å². The quantitative estimate of drug-likeness (QED) is 0.828. The van der Waals surface area contributed by atoms with Gasteiger partial charge in [0.1, 0.15) is 5.82 Å². The smallest absolute Gasteiger partial charge is 0.142 e. The van der Waals surface area contributed by atoms with Crippen LogP contribution in [0.1, 0.15) is 45.6 Å². The zero-order valence-electron chi connectivity index (χ0n) is 12.5. The van der Waals surface area contributed by atoms with Gasteiger partial charge in [-0.2, -0.15) is 0 Å². The monoisotopic (exact) mass is 298 g/mol. The number of rotatable bonds is 2. The van der Waals surface area contributed by atoms with Crippen LogP contribution in [0, 0.1) is 23.1 Å². The average molecular weight is 299 g/mol. The van der Waals surface area contributed by atoms with Gasteiger partial charge in [0.25, 0.3) is 0 Å². The van der Waals surface area contributed by atoms with Crippen molar-refractivity contribution >= 4 is 11.6 Å². The highest BCUT2D eigenvalue weighted by atomic mass is 35.5. The van der Waals surface area contributed by atoms with Crippen LogP contribution in [0.5, 0.6) is 0 Å². The van der Waals surface area contributed by atoms with Crippen molar-refractivity contribution in [2.75, 3.05) is 0 Å². The summed E-state index contributed by atoms with van der Waals surface area (Å²) in [4.78, 5) is 0. The Hall–Kier alpha value is -0.600. The molecule has 1 aliphatic rings. The lowest BCUT2D eigenvalue weighted by Gasteiger charge is -2.40. The summed E-state index contributed by atoms with van der Waals surface area (Å²) in [6.45, 7) is 6.77. The van der Waals surface area contributed by atoms with E-state index in [2.05, 4.69) is 20.8 Å². The molecule has 3 atom stereocenters. The molecule has 1 aromatic carbocycles. The van der Waals surface area contributed by atoms with Gasteiger partial charge in [0.2, 0.25) is 0 Å². The molecule has 0 aliphatic heterocycles. The molecule has 2 rings (SSSR count). The predicted octanol–water partition coefficient (Wildman–Crippen LogP) is 4.84. The van der Waals surface area contributed by atoms with E-state index in [0.29, 0.717) is 5.92 Å². The summed E-state index contributed by atoms with van der Waals surface area (Å²) in [5.74, 6) is 0.462. The van der Waals surface area contributed by atoms with E-state index in [0.717, 1.165) is 31.2 Å². The van der Waals surface area contributed by atoms with E-state index < -0.39 is 0 Å². The first-order chi connectivity index (χ1) is 9.27. The average Bonchev–Trinajstić information content (AvgIpc) is 2.35. The van der Waals surface area contributed by atoms with E-state index in [-0.39, 0.29) is 28.3 Å². The fourth-order valence-electron chi connectivity index (χ4n) is 3.22. The van der Waals surface area contributed by atoms with Crippen LogP contribution in [0.3, 0.4) is 0 Å². The third kappa shape index (κ3) is 3.73. The largest absolute Gasteiger partial charge is 0.393 e. The normalized spacial score (nSPS) is 27.6. The molecule has 112 valence electrons. The van der Waals surface area contributed by atoms with Gasteiger partial charge in [0, 0.05) is 0 Å². The minimum Gasteiger partial charge on any atom is -0.393 e. The molecule has 0 heterocycles. The Balaban J connectivity index is 2.08. The fourth-order valence-corrected chi connectivity index (χ4v) is 3.34. The molecule has 3 heteroatoms. The standard InChI is InChI=1S/C17H24ClFO/c1-17(2,3)13-5-7-16(20)12(10-13)8-11-4-6-14(18)15(19)9-11/h4,6,9,12-13,16,20H,5,7-8,10H2,1-3H3. The molecule has 0 amide bonds. The highest BCUT2D eigenvalue weighted by Gasteiger charge is 2.35. The lowest BCUT2D eigenvalue weighted by Crippen LogP contribution is -2.35. The lowest BCUT2D eigenvalue weighted by molar-refractivity contribution is 0.0196. The van der Waals surface area contributed by atoms with Crippen molar-refractivity contribution in [1.29, 1.82) is 0 Å². The predicted molar refractivity (Wildman–Crippen MR) is 81.4 cm³/mol. The Bertz CT molecular complexity index is 467. The van der Waals surface area contributed by atoms with Gasteiger partial charge in [-0.3, -0.25) is 0 Å². The SMILES string of the molecule is CC(C)(C)C1CCC(O)C(Cc2ccc(Cl)c(F)c2)C1. The molecule has 20 heavy (non-hydrogen) atoms. The number of halogens is 2. The van der Waals surface area contributed by atoms with Crippen molar-refractivity contribution in [2.24, 2.45) is 17.3 Å². The van der Waals surface area contributed by atoms with Gasteiger partial charge in [0.15, 0.2) is 0 Å². The van der Waals surface area contributed by atoms with E-state index in [9.17, 15) is 9.50 Å².